The molecule has 2 unspecified atom stereocenters. The van der Waals surface area contributed by atoms with E-state index in [-0.39, 0.29) is 19.6 Å². The fourth-order valence-electron chi connectivity index (χ4n) is 2.40. The molecule has 1 saturated heterocycles. The van der Waals surface area contributed by atoms with Gasteiger partial charge in [-0.25, -0.2) is 0 Å². The monoisotopic (exact) mass is 301 g/mol. The highest BCUT2D eigenvalue weighted by atomic mass is 32.3. The predicted octanol–water partition coefficient (Wildman–Crippen LogP) is 0.490. The van der Waals surface area contributed by atoms with Crippen LogP contribution in [0.15, 0.2) is 30.3 Å². The Morgan fingerprint density at radius 2 is 2.00 bits per heavy atom. The lowest BCUT2D eigenvalue weighted by Gasteiger charge is -2.26. The minimum Gasteiger partial charge on any atom is -0.394 e. The van der Waals surface area contributed by atoms with Gasteiger partial charge in [0.1, 0.15) is 5.25 Å². The van der Waals surface area contributed by atoms with Gasteiger partial charge < -0.3 is 10.0 Å². The third-order valence-corrected chi connectivity index (χ3v) is 4.60. The molecule has 110 valence electrons. The van der Waals surface area contributed by atoms with Crippen molar-refractivity contribution >= 4 is 16.1 Å². The van der Waals surface area contributed by atoms with Crippen molar-refractivity contribution < 1.29 is 22.2 Å². The van der Waals surface area contributed by atoms with Crippen LogP contribution in [0.25, 0.3) is 0 Å². The molecule has 1 fully saturated rings. The van der Waals surface area contributed by atoms with Crippen molar-refractivity contribution in [1.29, 1.82) is 0 Å². The second-order valence-corrected chi connectivity index (χ2v) is 6.49. The lowest BCUT2D eigenvalue weighted by atomic mass is 10.1. The summed E-state index contributed by atoms with van der Waals surface area (Å²) in [5.74, 6) is -0.439. The Bertz CT molecular complexity index is 575. The van der Waals surface area contributed by atoms with E-state index in [0.717, 1.165) is 5.56 Å². The number of aliphatic hydroxyl groups is 1. The number of likely N-dealkylation sites (tertiary alicyclic amines) is 1. The minimum atomic E-state index is -4.73. The molecule has 0 radical (unpaired) electrons. The average Bonchev–Trinajstić information content (AvgIpc) is 2.79. The Kier molecular flexibility index (Phi) is 4.39. The van der Waals surface area contributed by atoms with Crippen LogP contribution in [0.5, 0.6) is 0 Å². The van der Waals surface area contributed by atoms with Crippen LogP contribution in [0.1, 0.15) is 12.0 Å². The van der Waals surface area contributed by atoms with Crippen LogP contribution in [-0.2, 0) is 21.4 Å². The molecule has 1 aromatic rings. The van der Waals surface area contributed by atoms with Gasteiger partial charge in [-0.15, -0.1) is 3.89 Å². The van der Waals surface area contributed by atoms with Crippen LogP contribution in [0.2, 0.25) is 0 Å². The van der Waals surface area contributed by atoms with Gasteiger partial charge in [-0.05, 0) is 12.0 Å². The first-order valence-electron chi connectivity index (χ1n) is 6.29. The van der Waals surface area contributed by atoms with E-state index in [2.05, 4.69) is 0 Å². The Hall–Kier alpha value is -1.47. The zero-order chi connectivity index (χ0) is 14.8. The standard InChI is InChI=1S/C13H16FNO4S/c14-20(18,19)12-7-13(17)15(8-12)11(9-16)6-10-4-2-1-3-5-10/h1-5,11-12,16H,6-9H2. The topological polar surface area (TPSA) is 74.7 Å². The maximum atomic E-state index is 13.0. The van der Waals surface area contributed by atoms with Gasteiger partial charge in [0.2, 0.25) is 5.91 Å². The molecule has 2 atom stereocenters. The second kappa shape index (κ2) is 5.88. The third kappa shape index (κ3) is 3.34. The Balaban J connectivity index is 2.11. The first kappa shape index (κ1) is 14.9. The fourth-order valence-corrected chi connectivity index (χ4v) is 3.08. The molecule has 0 spiro atoms. The van der Waals surface area contributed by atoms with Crippen LogP contribution in [-0.4, -0.2) is 48.8 Å². The van der Waals surface area contributed by atoms with Crippen molar-refractivity contribution in [3.8, 4) is 0 Å². The number of aliphatic hydroxyl groups excluding tert-OH is 1. The SMILES string of the molecule is O=C1CC(S(=O)(=O)F)CN1C(CO)Cc1ccccc1. The van der Waals surface area contributed by atoms with Gasteiger partial charge in [-0.1, -0.05) is 30.3 Å². The van der Waals surface area contributed by atoms with E-state index in [4.69, 9.17) is 0 Å². The molecule has 1 amide bonds. The van der Waals surface area contributed by atoms with Gasteiger partial charge in [-0.2, -0.15) is 8.42 Å². The van der Waals surface area contributed by atoms with E-state index >= 15 is 0 Å². The van der Waals surface area contributed by atoms with Gasteiger partial charge in [0.25, 0.3) is 0 Å². The first-order valence-corrected chi connectivity index (χ1v) is 7.74. The van der Waals surface area contributed by atoms with Crippen LogP contribution in [0, 0.1) is 0 Å². The molecular weight excluding hydrogens is 285 g/mol. The molecular formula is C13H16FNO4S. The molecule has 0 aromatic heterocycles. The van der Waals surface area contributed by atoms with Crippen LogP contribution in [0.3, 0.4) is 0 Å². The van der Waals surface area contributed by atoms with Crippen molar-refractivity contribution in [2.24, 2.45) is 0 Å². The predicted molar refractivity (Wildman–Crippen MR) is 71.2 cm³/mol. The summed E-state index contributed by atoms with van der Waals surface area (Å²) in [6.45, 7) is -0.491. The molecule has 20 heavy (non-hydrogen) atoms. The van der Waals surface area contributed by atoms with Crippen molar-refractivity contribution in [3.05, 3.63) is 35.9 Å². The third-order valence-electron chi connectivity index (χ3n) is 3.49. The summed E-state index contributed by atoms with van der Waals surface area (Å²) in [7, 11) is -4.73. The van der Waals surface area contributed by atoms with Gasteiger partial charge in [0, 0.05) is 13.0 Å². The minimum absolute atomic E-state index is 0.199. The van der Waals surface area contributed by atoms with E-state index in [0.29, 0.717) is 6.42 Å². The van der Waals surface area contributed by atoms with E-state index in [1.807, 2.05) is 30.3 Å². The molecule has 1 aromatic carbocycles. The second-order valence-electron chi connectivity index (χ2n) is 4.87. The summed E-state index contributed by atoms with van der Waals surface area (Å²) in [5, 5.41) is 8.10. The summed E-state index contributed by atoms with van der Waals surface area (Å²) in [5.41, 5.74) is 0.922. The molecule has 1 N–H and O–H groups in total. The zero-order valence-electron chi connectivity index (χ0n) is 10.8. The van der Waals surface area contributed by atoms with Crippen molar-refractivity contribution in [2.75, 3.05) is 13.2 Å². The lowest BCUT2D eigenvalue weighted by molar-refractivity contribution is -0.130. The average molecular weight is 301 g/mol. The normalized spacial score (nSPS) is 21.2. The summed E-state index contributed by atoms with van der Waals surface area (Å²) >= 11 is 0. The van der Waals surface area contributed by atoms with Gasteiger partial charge in [-0.3, -0.25) is 4.79 Å². The highest BCUT2D eigenvalue weighted by Gasteiger charge is 2.41. The van der Waals surface area contributed by atoms with E-state index in [9.17, 15) is 22.2 Å². The molecule has 1 aliphatic heterocycles. The van der Waals surface area contributed by atoms with E-state index in [1.165, 1.54) is 4.90 Å². The fraction of sp³-hybridized carbons (Fsp3) is 0.462. The molecule has 0 bridgehead atoms. The Morgan fingerprint density at radius 3 is 2.50 bits per heavy atom. The Labute approximate surface area is 117 Å². The maximum absolute atomic E-state index is 13.0. The molecule has 0 aliphatic carbocycles. The summed E-state index contributed by atoms with van der Waals surface area (Å²) in [4.78, 5) is 13.1. The molecule has 1 heterocycles. The quantitative estimate of drug-likeness (QED) is 0.803. The summed E-state index contributed by atoms with van der Waals surface area (Å²) in [6.07, 6.45) is 0.0479. The number of rotatable bonds is 5. The number of benzene rings is 1. The van der Waals surface area contributed by atoms with Crippen molar-refractivity contribution in [2.45, 2.75) is 24.1 Å². The largest absolute Gasteiger partial charge is 0.394 e. The summed E-state index contributed by atoms with van der Waals surface area (Å²) < 4.78 is 34.7. The first-order chi connectivity index (χ1) is 9.41. The van der Waals surface area contributed by atoms with Crippen molar-refractivity contribution in [1.82, 2.24) is 4.90 Å². The number of hydrogen-bond donors (Lipinski definition) is 1. The molecule has 5 nitrogen and oxygen atoms in total. The number of nitrogens with zero attached hydrogens (tertiary/aromatic N) is 1. The maximum Gasteiger partial charge on any atom is 0.307 e. The number of hydrogen-bond acceptors (Lipinski definition) is 4. The molecule has 7 heteroatoms. The highest BCUT2D eigenvalue weighted by Crippen LogP contribution is 2.23. The van der Waals surface area contributed by atoms with Crippen LogP contribution < -0.4 is 0 Å². The van der Waals surface area contributed by atoms with E-state index < -0.39 is 27.4 Å². The van der Waals surface area contributed by atoms with Crippen LogP contribution in [0.4, 0.5) is 3.89 Å². The van der Waals surface area contributed by atoms with Gasteiger partial charge >= 0.3 is 10.2 Å². The highest BCUT2D eigenvalue weighted by molar-refractivity contribution is 7.87. The smallest absolute Gasteiger partial charge is 0.307 e. The Morgan fingerprint density at radius 1 is 1.35 bits per heavy atom. The van der Waals surface area contributed by atoms with E-state index in [1.54, 1.807) is 0 Å². The summed E-state index contributed by atoms with van der Waals surface area (Å²) in [6, 6.07) is 8.70. The number of carbonyl (C=O) groups is 1. The number of halogens is 1. The number of amides is 1. The molecule has 0 saturated carbocycles. The molecule has 1 aliphatic rings. The van der Waals surface area contributed by atoms with Gasteiger partial charge in [0.05, 0.1) is 12.6 Å². The zero-order valence-corrected chi connectivity index (χ0v) is 11.6. The molecule has 2 rings (SSSR count). The number of carbonyl (C=O) groups excluding carboxylic acids is 1. The van der Waals surface area contributed by atoms with Crippen LogP contribution >= 0.6 is 0 Å². The van der Waals surface area contributed by atoms with Crippen molar-refractivity contribution in [3.63, 3.8) is 0 Å². The van der Waals surface area contributed by atoms with Gasteiger partial charge in [0.15, 0.2) is 0 Å². The lowest BCUT2D eigenvalue weighted by Crippen LogP contribution is -2.41.